The third-order valence-electron chi connectivity index (χ3n) is 5.85. The molecule has 3 heterocycles. The van der Waals surface area contributed by atoms with Crippen LogP contribution in [-0.2, 0) is 0 Å². The highest BCUT2D eigenvalue weighted by molar-refractivity contribution is 6.42. The van der Waals surface area contributed by atoms with Gasteiger partial charge >= 0.3 is 0 Å². The van der Waals surface area contributed by atoms with E-state index in [0.717, 1.165) is 35.9 Å². The molecule has 1 aliphatic heterocycles. The van der Waals surface area contributed by atoms with Crippen molar-refractivity contribution < 1.29 is 0 Å². The number of rotatable bonds is 2. The van der Waals surface area contributed by atoms with Crippen LogP contribution in [0.2, 0.25) is 10.2 Å². The monoisotopic (exact) mass is 376 g/mol. The summed E-state index contributed by atoms with van der Waals surface area (Å²) in [5.74, 6) is 0.963. The smallest absolute Gasteiger partial charge is 0.148 e. The predicted octanol–water partition coefficient (Wildman–Crippen LogP) is 5.31. The molecule has 0 unspecified atom stereocenters. The van der Waals surface area contributed by atoms with Gasteiger partial charge in [-0.05, 0) is 44.1 Å². The number of piperidine rings is 1. The van der Waals surface area contributed by atoms with E-state index in [1.807, 2.05) is 19.2 Å². The Morgan fingerprint density at radius 3 is 2.44 bits per heavy atom. The maximum absolute atomic E-state index is 6.28. The molecule has 2 fully saturated rings. The molecule has 2 aliphatic rings. The summed E-state index contributed by atoms with van der Waals surface area (Å²) in [4.78, 5) is 15.8. The minimum atomic E-state index is 0.294. The molecule has 1 saturated carbocycles. The second-order valence-corrected chi connectivity index (χ2v) is 8.06. The van der Waals surface area contributed by atoms with Crippen molar-refractivity contribution in [3.63, 3.8) is 0 Å². The number of anilines is 1. The lowest BCUT2D eigenvalue weighted by Gasteiger charge is -2.39. The Balaban J connectivity index is 1.55. The van der Waals surface area contributed by atoms with Crippen molar-refractivity contribution in [3.8, 4) is 11.3 Å². The van der Waals surface area contributed by atoms with E-state index in [2.05, 4.69) is 14.9 Å². The summed E-state index contributed by atoms with van der Waals surface area (Å²) < 4.78 is 0. The second kappa shape index (κ2) is 6.73. The van der Waals surface area contributed by atoms with Crippen molar-refractivity contribution in [2.24, 2.45) is 5.41 Å². The van der Waals surface area contributed by atoms with Crippen LogP contribution in [0.3, 0.4) is 0 Å². The molecular formula is C19H22Cl2N4. The molecule has 0 amide bonds. The summed E-state index contributed by atoms with van der Waals surface area (Å²) in [5.41, 5.74) is 3.02. The Morgan fingerprint density at radius 1 is 1.04 bits per heavy atom. The fraction of sp³-hybridized carbons (Fsp3) is 0.526. The van der Waals surface area contributed by atoms with E-state index in [9.17, 15) is 0 Å². The zero-order chi connectivity index (χ0) is 17.4. The molecule has 4 rings (SSSR count). The maximum Gasteiger partial charge on any atom is 0.148 e. The van der Waals surface area contributed by atoms with Crippen molar-refractivity contribution in [2.45, 2.75) is 45.4 Å². The lowest BCUT2D eigenvalue weighted by molar-refractivity contribution is 0.226. The van der Waals surface area contributed by atoms with Crippen LogP contribution >= 0.6 is 23.2 Å². The topological polar surface area (TPSA) is 41.9 Å². The molecule has 1 aliphatic carbocycles. The van der Waals surface area contributed by atoms with Crippen molar-refractivity contribution in [2.75, 3.05) is 18.0 Å². The normalized spacial score (nSPS) is 19.6. The summed E-state index contributed by atoms with van der Waals surface area (Å²) in [7, 11) is 0. The van der Waals surface area contributed by atoms with Crippen LogP contribution in [0.1, 0.15) is 44.2 Å². The average Bonchev–Trinajstić information content (AvgIpc) is 3.06. The number of aryl methyl sites for hydroxylation is 1. The minimum absolute atomic E-state index is 0.294. The first-order valence-corrected chi connectivity index (χ1v) is 9.73. The van der Waals surface area contributed by atoms with Crippen molar-refractivity contribution in [1.82, 2.24) is 15.0 Å². The molecule has 1 spiro atoms. The summed E-state index contributed by atoms with van der Waals surface area (Å²) in [6.07, 6.45) is 11.7. The molecule has 25 heavy (non-hydrogen) atoms. The van der Waals surface area contributed by atoms with Crippen LogP contribution in [0.15, 0.2) is 18.5 Å². The largest absolute Gasteiger partial charge is 0.355 e. The molecule has 0 bridgehead atoms. The van der Waals surface area contributed by atoms with Gasteiger partial charge in [0.1, 0.15) is 11.0 Å². The van der Waals surface area contributed by atoms with Gasteiger partial charge in [-0.3, -0.25) is 4.98 Å². The van der Waals surface area contributed by atoms with E-state index in [0.29, 0.717) is 15.6 Å². The quantitative estimate of drug-likeness (QED) is 0.665. The van der Waals surface area contributed by atoms with Gasteiger partial charge in [-0.15, -0.1) is 0 Å². The van der Waals surface area contributed by atoms with Gasteiger partial charge in [-0.2, -0.15) is 0 Å². The first-order chi connectivity index (χ1) is 12.1. The van der Waals surface area contributed by atoms with Gasteiger partial charge in [0, 0.05) is 24.8 Å². The zero-order valence-corrected chi connectivity index (χ0v) is 15.9. The van der Waals surface area contributed by atoms with Gasteiger partial charge in [0.05, 0.1) is 22.6 Å². The second-order valence-electron chi connectivity index (χ2n) is 7.32. The van der Waals surface area contributed by atoms with Crippen LogP contribution in [0.4, 0.5) is 5.82 Å². The van der Waals surface area contributed by atoms with Crippen molar-refractivity contribution >= 4 is 29.0 Å². The standard InChI is InChI=1S/C19H22Cl2N4/c1-13-17(14-4-9-22-18(21)16(14)20)23-12-15(24-13)25-10-7-19(8-11-25)5-2-3-6-19/h4,9,12H,2-3,5-8,10-11H2,1H3. The van der Waals surface area contributed by atoms with Crippen LogP contribution in [0.5, 0.6) is 0 Å². The fourth-order valence-electron chi connectivity index (χ4n) is 4.32. The van der Waals surface area contributed by atoms with E-state index in [1.165, 1.54) is 38.5 Å². The minimum Gasteiger partial charge on any atom is -0.355 e. The van der Waals surface area contributed by atoms with E-state index in [-0.39, 0.29) is 0 Å². The van der Waals surface area contributed by atoms with Crippen LogP contribution < -0.4 is 4.90 Å². The Morgan fingerprint density at radius 2 is 1.76 bits per heavy atom. The molecular weight excluding hydrogens is 355 g/mol. The van der Waals surface area contributed by atoms with Crippen LogP contribution in [0.25, 0.3) is 11.3 Å². The Bertz CT molecular complexity index is 777. The number of halogens is 2. The van der Waals surface area contributed by atoms with Crippen molar-refractivity contribution in [3.05, 3.63) is 34.3 Å². The molecule has 132 valence electrons. The molecule has 2 aromatic rings. The first-order valence-electron chi connectivity index (χ1n) is 8.97. The van der Waals surface area contributed by atoms with Crippen LogP contribution in [-0.4, -0.2) is 28.0 Å². The lowest BCUT2D eigenvalue weighted by Crippen LogP contribution is -2.39. The SMILES string of the molecule is Cc1nc(N2CCC3(CCCC3)CC2)cnc1-c1ccnc(Cl)c1Cl. The number of hydrogen-bond donors (Lipinski definition) is 0. The molecule has 0 N–H and O–H groups in total. The summed E-state index contributed by atoms with van der Waals surface area (Å²) in [5, 5.41) is 0.720. The van der Waals surface area contributed by atoms with Gasteiger partial charge in [0.15, 0.2) is 0 Å². The summed E-state index contributed by atoms with van der Waals surface area (Å²) in [6.45, 7) is 4.13. The van der Waals surface area contributed by atoms with Crippen LogP contribution in [0, 0.1) is 12.3 Å². The summed E-state index contributed by atoms with van der Waals surface area (Å²) in [6, 6.07) is 1.83. The third-order valence-corrected chi connectivity index (χ3v) is 6.61. The first kappa shape index (κ1) is 17.0. The highest BCUT2D eigenvalue weighted by Crippen LogP contribution is 2.46. The Kier molecular flexibility index (Phi) is 4.59. The number of hydrogen-bond acceptors (Lipinski definition) is 4. The van der Waals surface area contributed by atoms with E-state index < -0.39 is 0 Å². The lowest BCUT2D eigenvalue weighted by atomic mass is 9.77. The Hall–Kier alpha value is -1.39. The Labute approximate surface area is 158 Å². The molecule has 6 heteroatoms. The molecule has 2 aromatic heterocycles. The predicted molar refractivity (Wildman–Crippen MR) is 102 cm³/mol. The molecule has 4 nitrogen and oxygen atoms in total. The van der Waals surface area contributed by atoms with Gasteiger partial charge in [0.25, 0.3) is 0 Å². The molecule has 1 saturated heterocycles. The van der Waals surface area contributed by atoms with Crippen molar-refractivity contribution in [1.29, 1.82) is 0 Å². The fourth-order valence-corrected chi connectivity index (χ4v) is 4.68. The van der Waals surface area contributed by atoms with E-state index >= 15 is 0 Å². The number of pyridine rings is 1. The third kappa shape index (κ3) is 3.22. The van der Waals surface area contributed by atoms with E-state index in [4.69, 9.17) is 28.2 Å². The molecule has 0 atom stereocenters. The van der Waals surface area contributed by atoms with Gasteiger partial charge in [-0.25, -0.2) is 9.97 Å². The van der Waals surface area contributed by atoms with Gasteiger partial charge < -0.3 is 4.90 Å². The summed E-state index contributed by atoms with van der Waals surface area (Å²) >= 11 is 12.3. The zero-order valence-electron chi connectivity index (χ0n) is 14.4. The number of aromatic nitrogens is 3. The van der Waals surface area contributed by atoms with Gasteiger partial charge in [-0.1, -0.05) is 36.0 Å². The van der Waals surface area contributed by atoms with E-state index in [1.54, 1.807) is 6.20 Å². The average molecular weight is 377 g/mol. The maximum atomic E-state index is 6.28. The molecule has 0 aromatic carbocycles. The number of nitrogens with zero attached hydrogens (tertiary/aromatic N) is 4. The highest BCUT2D eigenvalue weighted by atomic mass is 35.5. The molecule has 0 radical (unpaired) electrons. The highest BCUT2D eigenvalue weighted by Gasteiger charge is 2.37. The van der Waals surface area contributed by atoms with Gasteiger partial charge in [0.2, 0.25) is 0 Å².